The molecule has 13 heavy (non-hydrogen) atoms. The van der Waals surface area contributed by atoms with E-state index >= 15 is 0 Å². The van der Waals surface area contributed by atoms with Crippen LogP contribution in [0.4, 0.5) is 0 Å². The molecular weight excluding hydrogens is 178 g/mol. The Balaban J connectivity index is 3.04. The van der Waals surface area contributed by atoms with Crippen LogP contribution in [0.2, 0.25) is 0 Å². The number of nitrogens with zero attached hydrogens (tertiary/aromatic N) is 1. The average Bonchev–Trinajstić information content (AvgIpc) is 2.30. The van der Waals surface area contributed by atoms with Crippen LogP contribution in [-0.2, 0) is 11.8 Å². The van der Waals surface area contributed by atoms with Gasteiger partial charge in [0.25, 0.3) is 0 Å². The highest BCUT2D eigenvalue weighted by Gasteiger charge is 2.21. The zero-order valence-corrected chi connectivity index (χ0v) is 10.1. The van der Waals surface area contributed by atoms with Crippen LogP contribution in [0.15, 0.2) is 0 Å². The summed E-state index contributed by atoms with van der Waals surface area (Å²) < 4.78 is 0. The van der Waals surface area contributed by atoms with Crippen LogP contribution in [0.25, 0.3) is 0 Å². The van der Waals surface area contributed by atoms with Crippen LogP contribution in [0.5, 0.6) is 0 Å². The fraction of sp³-hybridized carbons (Fsp3) is 0.727. The van der Waals surface area contributed by atoms with Gasteiger partial charge in [-0.15, -0.1) is 11.3 Å². The fourth-order valence-electron chi connectivity index (χ4n) is 1.45. The van der Waals surface area contributed by atoms with Crippen LogP contribution >= 0.6 is 11.3 Å². The first-order chi connectivity index (χ1) is 5.95. The average molecular weight is 197 g/mol. The second-order valence-corrected chi connectivity index (χ2v) is 5.79. The maximum Gasteiger partial charge on any atom is 0.0900 e. The third kappa shape index (κ3) is 2.53. The summed E-state index contributed by atoms with van der Waals surface area (Å²) in [6.07, 6.45) is 2.39. The van der Waals surface area contributed by atoms with Crippen molar-refractivity contribution in [1.82, 2.24) is 4.98 Å². The Morgan fingerprint density at radius 1 is 1.31 bits per heavy atom. The molecule has 1 rings (SSSR count). The molecule has 0 radical (unpaired) electrons. The summed E-state index contributed by atoms with van der Waals surface area (Å²) in [7, 11) is 0. The van der Waals surface area contributed by atoms with Crippen molar-refractivity contribution >= 4 is 11.3 Å². The third-order valence-electron chi connectivity index (χ3n) is 1.99. The van der Waals surface area contributed by atoms with E-state index in [-0.39, 0.29) is 5.41 Å². The predicted molar refractivity (Wildman–Crippen MR) is 59.5 cm³/mol. The number of aryl methyl sites for hydroxylation is 2. The summed E-state index contributed by atoms with van der Waals surface area (Å²) in [6.45, 7) is 11.0. The highest BCUT2D eigenvalue weighted by Crippen LogP contribution is 2.29. The van der Waals surface area contributed by atoms with Gasteiger partial charge in [-0.25, -0.2) is 4.98 Å². The van der Waals surface area contributed by atoms with Crippen molar-refractivity contribution in [2.45, 2.75) is 52.9 Å². The van der Waals surface area contributed by atoms with Crippen molar-refractivity contribution in [1.29, 1.82) is 0 Å². The smallest absolute Gasteiger partial charge is 0.0900 e. The van der Waals surface area contributed by atoms with E-state index in [0.29, 0.717) is 0 Å². The van der Waals surface area contributed by atoms with Crippen LogP contribution < -0.4 is 0 Å². The standard InChI is InChI=1S/C11H19NS/c1-6-7-9-10(11(3,4)5)12-8(2)13-9/h6-7H2,1-5H3. The first kappa shape index (κ1) is 10.7. The maximum atomic E-state index is 4.62. The summed E-state index contributed by atoms with van der Waals surface area (Å²) in [6, 6.07) is 0. The summed E-state index contributed by atoms with van der Waals surface area (Å²) in [5.41, 5.74) is 1.51. The minimum atomic E-state index is 0.204. The molecule has 1 aromatic rings. The van der Waals surface area contributed by atoms with Crippen molar-refractivity contribution in [3.05, 3.63) is 15.6 Å². The molecule has 0 spiro atoms. The number of thiazole rings is 1. The number of hydrogen-bond acceptors (Lipinski definition) is 2. The van der Waals surface area contributed by atoms with Crippen molar-refractivity contribution in [3.8, 4) is 0 Å². The lowest BCUT2D eigenvalue weighted by molar-refractivity contribution is 0.564. The maximum absolute atomic E-state index is 4.62. The summed E-state index contributed by atoms with van der Waals surface area (Å²) in [5.74, 6) is 0. The van der Waals surface area contributed by atoms with Crippen molar-refractivity contribution < 1.29 is 0 Å². The quantitative estimate of drug-likeness (QED) is 0.704. The van der Waals surface area contributed by atoms with E-state index in [1.54, 1.807) is 0 Å². The SMILES string of the molecule is CCCc1sc(C)nc1C(C)(C)C. The summed E-state index contributed by atoms with van der Waals surface area (Å²) >= 11 is 1.85. The second-order valence-electron chi connectivity index (χ2n) is 4.50. The predicted octanol–water partition coefficient (Wildman–Crippen LogP) is 3.70. The summed E-state index contributed by atoms with van der Waals surface area (Å²) in [5, 5.41) is 1.20. The highest BCUT2D eigenvalue weighted by molar-refractivity contribution is 7.11. The molecule has 1 nitrogen and oxygen atoms in total. The van der Waals surface area contributed by atoms with Gasteiger partial charge in [0.2, 0.25) is 0 Å². The molecule has 0 amide bonds. The van der Waals surface area contributed by atoms with Gasteiger partial charge in [-0.2, -0.15) is 0 Å². The second kappa shape index (κ2) is 3.79. The van der Waals surface area contributed by atoms with Gasteiger partial charge in [0.15, 0.2) is 0 Å². The molecule has 74 valence electrons. The molecule has 0 fully saturated rings. The van der Waals surface area contributed by atoms with E-state index in [0.717, 1.165) is 0 Å². The normalized spacial score (nSPS) is 12.1. The molecule has 1 heterocycles. The van der Waals surface area contributed by atoms with E-state index in [1.807, 2.05) is 11.3 Å². The van der Waals surface area contributed by atoms with E-state index in [2.05, 4.69) is 39.6 Å². The van der Waals surface area contributed by atoms with Gasteiger partial charge in [-0.05, 0) is 13.3 Å². The van der Waals surface area contributed by atoms with Gasteiger partial charge >= 0.3 is 0 Å². The summed E-state index contributed by atoms with van der Waals surface area (Å²) in [4.78, 5) is 6.10. The van der Waals surface area contributed by atoms with E-state index in [9.17, 15) is 0 Å². The Morgan fingerprint density at radius 2 is 1.92 bits per heavy atom. The molecule has 1 aromatic heterocycles. The number of hydrogen-bond donors (Lipinski definition) is 0. The first-order valence-corrected chi connectivity index (χ1v) is 5.73. The molecular formula is C11H19NS. The number of rotatable bonds is 2. The van der Waals surface area contributed by atoms with Gasteiger partial charge in [-0.1, -0.05) is 34.1 Å². The number of aromatic nitrogens is 1. The van der Waals surface area contributed by atoms with Gasteiger partial charge < -0.3 is 0 Å². The monoisotopic (exact) mass is 197 g/mol. The molecule has 0 atom stereocenters. The zero-order chi connectivity index (χ0) is 10.1. The van der Waals surface area contributed by atoms with Gasteiger partial charge in [0.1, 0.15) is 0 Å². The van der Waals surface area contributed by atoms with Crippen LogP contribution in [0.3, 0.4) is 0 Å². The van der Waals surface area contributed by atoms with Gasteiger partial charge in [-0.3, -0.25) is 0 Å². The molecule has 0 bridgehead atoms. The molecule has 0 N–H and O–H groups in total. The Morgan fingerprint density at radius 3 is 2.38 bits per heavy atom. The molecule has 0 saturated carbocycles. The van der Waals surface area contributed by atoms with Gasteiger partial charge in [0, 0.05) is 10.3 Å². The van der Waals surface area contributed by atoms with E-state index < -0.39 is 0 Å². The first-order valence-electron chi connectivity index (χ1n) is 4.92. The third-order valence-corrected chi connectivity index (χ3v) is 3.02. The van der Waals surface area contributed by atoms with Crippen molar-refractivity contribution in [2.75, 3.05) is 0 Å². The lowest BCUT2D eigenvalue weighted by Crippen LogP contribution is -2.14. The van der Waals surface area contributed by atoms with Crippen LogP contribution in [0.1, 0.15) is 49.7 Å². The largest absolute Gasteiger partial charge is 0.246 e. The Labute approximate surface area is 85.2 Å². The lowest BCUT2D eigenvalue weighted by Gasteiger charge is -2.17. The molecule has 2 heteroatoms. The molecule has 0 aliphatic rings. The Bertz CT molecular complexity index is 281. The Hall–Kier alpha value is -0.370. The minimum absolute atomic E-state index is 0.204. The van der Waals surface area contributed by atoms with Crippen LogP contribution in [0, 0.1) is 6.92 Å². The zero-order valence-electron chi connectivity index (χ0n) is 9.27. The molecule has 0 aromatic carbocycles. The molecule has 0 aliphatic heterocycles. The fourth-order valence-corrected chi connectivity index (χ4v) is 2.70. The molecule has 0 unspecified atom stereocenters. The minimum Gasteiger partial charge on any atom is -0.246 e. The van der Waals surface area contributed by atoms with E-state index in [4.69, 9.17) is 0 Å². The van der Waals surface area contributed by atoms with Crippen molar-refractivity contribution in [3.63, 3.8) is 0 Å². The Kier molecular flexibility index (Phi) is 3.12. The van der Waals surface area contributed by atoms with E-state index in [1.165, 1.54) is 28.4 Å². The molecule has 0 saturated heterocycles. The van der Waals surface area contributed by atoms with Crippen molar-refractivity contribution in [2.24, 2.45) is 0 Å². The topological polar surface area (TPSA) is 12.9 Å². The molecule has 0 aliphatic carbocycles. The van der Waals surface area contributed by atoms with Gasteiger partial charge in [0.05, 0.1) is 10.7 Å². The lowest BCUT2D eigenvalue weighted by atomic mass is 9.90. The highest BCUT2D eigenvalue weighted by atomic mass is 32.1. The van der Waals surface area contributed by atoms with Crippen LogP contribution in [-0.4, -0.2) is 4.98 Å².